The third-order valence-corrected chi connectivity index (χ3v) is 4.01. The van der Waals surface area contributed by atoms with E-state index in [1.807, 2.05) is 4.90 Å². The maximum Gasteiger partial charge on any atom is 0.323 e. The van der Waals surface area contributed by atoms with E-state index in [2.05, 4.69) is 0 Å². The summed E-state index contributed by atoms with van der Waals surface area (Å²) in [5.74, 6) is -0.247. The van der Waals surface area contributed by atoms with E-state index in [9.17, 15) is 14.9 Å². The fourth-order valence-corrected chi connectivity index (χ4v) is 2.72. The smallest absolute Gasteiger partial charge is 0.323 e. The molecule has 2 atom stereocenters. The largest absolute Gasteiger partial charge is 0.468 e. The maximum absolute atomic E-state index is 11.8. The maximum atomic E-state index is 11.8. The Bertz CT molecular complexity index is 531. The fraction of sp³-hybridized carbons (Fsp3) is 0.533. The summed E-state index contributed by atoms with van der Waals surface area (Å²) in [6, 6.07) is 6.20. The van der Waals surface area contributed by atoms with E-state index in [4.69, 9.17) is 9.47 Å². The number of non-ortho nitro benzene ring substituents is 1. The number of likely N-dealkylation sites (tertiary alicyclic amines) is 1. The van der Waals surface area contributed by atoms with Crippen molar-refractivity contribution in [2.24, 2.45) is 0 Å². The fourth-order valence-electron chi connectivity index (χ4n) is 2.72. The summed E-state index contributed by atoms with van der Waals surface area (Å²) in [7, 11) is 3.02. The lowest BCUT2D eigenvalue weighted by atomic mass is 10.1. The number of nitro groups is 1. The summed E-state index contributed by atoms with van der Waals surface area (Å²) in [5, 5.41) is 10.6. The molecule has 1 aliphatic rings. The molecule has 1 saturated heterocycles. The zero-order chi connectivity index (χ0) is 16.1. The average molecular weight is 308 g/mol. The number of esters is 1. The number of ether oxygens (including phenoxy) is 2. The minimum atomic E-state index is -0.416. The Morgan fingerprint density at radius 3 is 2.59 bits per heavy atom. The first-order chi connectivity index (χ1) is 10.5. The van der Waals surface area contributed by atoms with Crippen molar-refractivity contribution in [1.82, 2.24) is 4.90 Å². The lowest BCUT2D eigenvalue weighted by Crippen LogP contribution is -2.38. The van der Waals surface area contributed by atoms with Crippen molar-refractivity contribution in [1.29, 1.82) is 0 Å². The summed E-state index contributed by atoms with van der Waals surface area (Å²) < 4.78 is 10.2. The minimum Gasteiger partial charge on any atom is -0.468 e. The van der Waals surface area contributed by atoms with E-state index < -0.39 is 4.92 Å². The number of hydrogen-bond acceptors (Lipinski definition) is 6. The molecule has 0 amide bonds. The first-order valence-electron chi connectivity index (χ1n) is 7.13. The van der Waals surface area contributed by atoms with Crippen molar-refractivity contribution < 1.29 is 19.2 Å². The normalized spacial score (nSPS) is 21.7. The molecule has 1 fully saturated rings. The van der Waals surface area contributed by atoms with Gasteiger partial charge in [-0.3, -0.25) is 19.8 Å². The van der Waals surface area contributed by atoms with Crippen molar-refractivity contribution >= 4 is 11.7 Å². The Labute approximate surface area is 129 Å². The van der Waals surface area contributed by atoms with E-state index in [1.165, 1.54) is 19.2 Å². The molecular formula is C15H20N2O5. The standard InChI is InChI=1S/C15H20N2O5/c1-21-13-9-14(15(18)22-2)16(10-13)8-7-11-3-5-12(6-4-11)17(19)20/h3-6,13-14H,7-10H2,1-2H3/t13-,14+/m0/s1. The number of benzene rings is 1. The van der Waals surface area contributed by atoms with Crippen LogP contribution in [-0.4, -0.2) is 55.2 Å². The van der Waals surface area contributed by atoms with Gasteiger partial charge in [-0.2, -0.15) is 0 Å². The minimum absolute atomic E-state index is 0.0287. The Morgan fingerprint density at radius 1 is 1.36 bits per heavy atom. The molecule has 7 heteroatoms. The van der Waals surface area contributed by atoms with E-state index in [0.29, 0.717) is 25.9 Å². The second-order valence-corrected chi connectivity index (χ2v) is 5.30. The molecule has 0 radical (unpaired) electrons. The molecule has 120 valence electrons. The van der Waals surface area contributed by atoms with Crippen LogP contribution in [0.1, 0.15) is 12.0 Å². The van der Waals surface area contributed by atoms with Crippen LogP contribution in [0.4, 0.5) is 5.69 Å². The van der Waals surface area contributed by atoms with Crippen molar-refractivity contribution in [3.63, 3.8) is 0 Å². The monoisotopic (exact) mass is 308 g/mol. The summed E-state index contributed by atoms with van der Waals surface area (Å²) >= 11 is 0. The SMILES string of the molecule is COC(=O)[C@H]1C[C@H](OC)CN1CCc1ccc([N+](=O)[O-])cc1. The van der Waals surface area contributed by atoms with Gasteiger partial charge >= 0.3 is 5.97 Å². The molecule has 1 aliphatic heterocycles. The Hall–Kier alpha value is -1.99. The van der Waals surface area contributed by atoms with Gasteiger partial charge in [-0.05, 0) is 12.0 Å². The molecule has 1 heterocycles. The summed E-state index contributed by atoms with van der Waals surface area (Å²) in [6.45, 7) is 1.36. The molecule has 7 nitrogen and oxygen atoms in total. The number of carbonyl (C=O) groups excluding carboxylic acids is 1. The molecule has 0 aliphatic carbocycles. The van der Waals surface area contributed by atoms with Gasteiger partial charge in [0.05, 0.1) is 18.1 Å². The quantitative estimate of drug-likeness (QED) is 0.449. The highest BCUT2D eigenvalue weighted by Gasteiger charge is 2.37. The van der Waals surface area contributed by atoms with Crippen LogP contribution in [0.3, 0.4) is 0 Å². The Kier molecular flexibility index (Phi) is 5.46. The first-order valence-corrected chi connectivity index (χ1v) is 7.13. The third-order valence-electron chi connectivity index (χ3n) is 4.01. The van der Waals surface area contributed by atoms with Crippen molar-refractivity contribution in [3.8, 4) is 0 Å². The molecule has 1 aromatic rings. The van der Waals surface area contributed by atoms with Crippen LogP contribution >= 0.6 is 0 Å². The van der Waals surface area contributed by atoms with Crippen LogP contribution in [-0.2, 0) is 20.7 Å². The van der Waals surface area contributed by atoms with Gasteiger partial charge in [0.25, 0.3) is 5.69 Å². The van der Waals surface area contributed by atoms with Gasteiger partial charge in [0.1, 0.15) is 6.04 Å². The molecule has 22 heavy (non-hydrogen) atoms. The predicted molar refractivity (Wildman–Crippen MR) is 79.6 cm³/mol. The Morgan fingerprint density at radius 2 is 2.05 bits per heavy atom. The second-order valence-electron chi connectivity index (χ2n) is 5.30. The predicted octanol–water partition coefficient (Wildman–Crippen LogP) is 1.40. The van der Waals surface area contributed by atoms with Gasteiger partial charge in [0.15, 0.2) is 0 Å². The first kappa shape index (κ1) is 16.4. The van der Waals surface area contributed by atoms with Gasteiger partial charge in [0.2, 0.25) is 0 Å². The van der Waals surface area contributed by atoms with Crippen LogP contribution in [0.2, 0.25) is 0 Å². The van der Waals surface area contributed by atoms with Crippen LogP contribution in [0.5, 0.6) is 0 Å². The number of nitrogens with zero attached hydrogens (tertiary/aromatic N) is 2. The molecule has 0 bridgehead atoms. The lowest BCUT2D eigenvalue weighted by molar-refractivity contribution is -0.384. The summed E-state index contributed by atoms with van der Waals surface area (Å²) in [6.07, 6.45) is 1.37. The zero-order valence-corrected chi connectivity index (χ0v) is 12.7. The van der Waals surface area contributed by atoms with Crippen LogP contribution in [0.15, 0.2) is 24.3 Å². The molecule has 0 N–H and O–H groups in total. The van der Waals surface area contributed by atoms with E-state index >= 15 is 0 Å². The summed E-state index contributed by atoms with van der Waals surface area (Å²) in [4.78, 5) is 24.1. The zero-order valence-electron chi connectivity index (χ0n) is 12.7. The molecule has 0 spiro atoms. The molecule has 1 aromatic carbocycles. The van der Waals surface area contributed by atoms with Gasteiger partial charge in [-0.25, -0.2) is 0 Å². The number of methoxy groups -OCH3 is 2. The highest BCUT2D eigenvalue weighted by atomic mass is 16.6. The van der Waals surface area contributed by atoms with Crippen LogP contribution < -0.4 is 0 Å². The van der Waals surface area contributed by atoms with E-state index in [0.717, 1.165) is 5.56 Å². The van der Waals surface area contributed by atoms with Crippen molar-refractivity contribution in [2.75, 3.05) is 27.3 Å². The van der Waals surface area contributed by atoms with Gasteiger partial charge in [-0.15, -0.1) is 0 Å². The third kappa shape index (κ3) is 3.80. The van der Waals surface area contributed by atoms with Crippen LogP contribution in [0, 0.1) is 10.1 Å². The number of rotatable bonds is 6. The molecule has 0 unspecified atom stereocenters. The molecular weight excluding hydrogens is 288 g/mol. The Balaban J connectivity index is 1.96. The number of carbonyl (C=O) groups is 1. The second kappa shape index (κ2) is 7.33. The van der Waals surface area contributed by atoms with Crippen molar-refractivity contribution in [2.45, 2.75) is 25.0 Å². The summed E-state index contributed by atoms with van der Waals surface area (Å²) in [5.41, 5.74) is 1.08. The number of nitro benzene ring substituents is 1. The highest BCUT2D eigenvalue weighted by Crippen LogP contribution is 2.22. The molecule has 0 aromatic heterocycles. The van der Waals surface area contributed by atoms with Crippen LogP contribution in [0.25, 0.3) is 0 Å². The highest BCUT2D eigenvalue weighted by molar-refractivity contribution is 5.76. The van der Waals surface area contributed by atoms with E-state index in [1.54, 1.807) is 19.2 Å². The van der Waals surface area contributed by atoms with E-state index in [-0.39, 0.29) is 23.8 Å². The van der Waals surface area contributed by atoms with Gasteiger partial charge in [-0.1, -0.05) is 12.1 Å². The number of hydrogen-bond donors (Lipinski definition) is 0. The topological polar surface area (TPSA) is 81.9 Å². The average Bonchev–Trinajstić information content (AvgIpc) is 2.96. The molecule has 2 rings (SSSR count). The molecule has 0 saturated carbocycles. The van der Waals surface area contributed by atoms with Gasteiger partial charge < -0.3 is 9.47 Å². The van der Waals surface area contributed by atoms with Crippen molar-refractivity contribution in [3.05, 3.63) is 39.9 Å². The van der Waals surface area contributed by atoms with Gasteiger partial charge in [0, 0.05) is 38.8 Å². The lowest BCUT2D eigenvalue weighted by Gasteiger charge is -2.21.